The third-order valence-electron chi connectivity index (χ3n) is 3.86. The summed E-state index contributed by atoms with van der Waals surface area (Å²) < 4.78 is 32.8. The van der Waals surface area contributed by atoms with Crippen molar-refractivity contribution in [3.63, 3.8) is 0 Å². The standard InChI is InChI=1S/C16H10O4S/c17-13-7-6-10-5-4-9-2-1-3-11-14(21(18,19)20)8-12(13)16(10)15(9)11/h1-8,17H,(H,18,19,20). The van der Waals surface area contributed by atoms with Gasteiger partial charge in [0.15, 0.2) is 0 Å². The molecule has 0 aliphatic heterocycles. The maximum absolute atomic E-state index is 11.7. The van der Waals surface area contributed by atoms with Crippen LogP contribution in [-0.2, 0) is 10.1 Å². The van der Waals surface area contributed by atoms with Gasteiger partial charge in [0.2, 0.25) is 0 Å². The highest BCUT2D eigenvalue weighted by Gasteiger charge is 2.20. The van der Waals surface area contributed by atoms with Crippen molar-refractivity contribution >= 4 is 42.4 Å². The van der Waals surface area contributed by atoms with Gasteiger partial charge in [-0.3, -0.25) is 4.55 Å². The monoisotopic (exact) mass is 298 g/mol. The van der Waals surface area contributed by atoms with Crippen LogP contribution < -0.4 is 0 Å². The highest BCUT2D eigenvalue weighted by molar-refractivity contribution is 7.86. The highest BCUT2D eigenvalue weighted by atomic mass is 32.2. The van der Waals surface area contributed by atoms with Crippen molar-refractivity contribution in [3.05, 3.63) is 48.5 Å². The first-order valence-electron chi connectivity index (χ1n) is 6.34. The minimum absolute atomic E-state index is 0.00865. The third kappa shape index (κ3) is 1.62. The Hall–Kier alpha value is -2.37. The van der Waals surface area contributed by atoms with Crippen molar-refractivity contribution in [2.75, 3.05) is 0 Å². The lowest BCUT2D eigenvalue weighted by atomic mass is 9.94. The molecule has 0 radical (unpaired) electrons. The summed E-state index contributed by atoms with van der Waals surface area (Å²) in [6, 6.07) is 13.7. The Labute approximate surface area is 120 Å². The molecule has 0 bridgehead atoms. The molecule has 0 saturated carbocycles. The minimum atomic E-state index is -4.38. The topological polar surface area (TPSA) is 74.6 Å². The van der Waals surface area contributed by atoms with Crippen LogP contribution in [0.5, 0.6) is 5.75 Å². The van der Waals surface area contributed by atoms with Crippen LogP contribution in [0.15, 0.2) is 53.4 Å². The summed E-state index contributed by atoms with van der Waals surface area (Å²) >= 11 is 0. The van der Waals surface area contributed by atoms with Gasteiger partial charge in [0.05, 0.1) is 0 Å². The first-order valence-corrected chi connectivity index (χ1v) is 7.78. The molecule has 0 aromatic heterocycles. The summed E-state index contributed by atoms with van der Waals surface area (Å²) in [6.45, 7) is 0. The van der Waals surface area contributed by atoms with Gasteiger partial charge in [-0.05, 0) is 28.3 Å². The van der Waals surface area contributed by atoms with E-state index in [0.717, 1.165) is 21.5 Å². The minimum Gasteiger partial charge on any atom is -0.507 e. The molecule has 0 aliphatic rings. The molecule has 21 heavy (non-hydrogen) atoms. The van der Waals surface area contributed by atoms with E-state index in [0.29, 0.717) is 10.8 Å². The van der Waals surface area contributed by atoms with Gasteiger partial charge in [-0.15, -0.1) is 0 Å². The summed E-state index contributed by atoms with van der Waals surface area (Å²) in [4.78, 5) is -0.186. The predicted octanol–water partition coefficient (Wildman–Crippen LogP) is 3.54. The number of hydrogen-bond donors (Lipinski definition) is 2. The van der Waals surface area contributed by atoms with Gasteiger partial charge < -0.3 is 5.11 Å². The molecule has 0 heterocycles. The van der Waals surface area contributed by atoms with Crippen LogP contribution in [0.2, 0.25) is 0 Å². The number of hydrogen-bond acceptors (Lipinski definition) is 3. The Morgan fingerprint density at radius 1 is 0.810 bits per heavy atom. The highest BCUT2D eigenvalue weighted by Crippen LogP contribution is 2.40. The SMILES string of the molecule is O=S(=O)(O)c1cc2c(O)ccc3ccc4cccc1c4c32. The summed E-state index contributed by atoms with van der Waals surface area (Å²) in [6.07, 6.45) is 0. The van der Waals surface area contributed by atoms with E-state index in [9.17, 15) is 18.1 Å². The number of phenolic OH excluding ortho intramolecular Hbond substituents is 1. The van der Waals surface area contributed by atoms with Crippen LogP contribution in [-0.4, -0.2) is 18.1 Å². The molecule has 5 heteroatoms. The second-order valence-corrected chi connectivity index (χ2v) is 6.44. The molecule has 0 aliphatic carbocycles. The fourth-order valence-corrected chi connectivity index (χ4v) is 3.70. The number of rotatable bonds is 1. The van der Waals surface area contributed by atoms with Crippen molar-refractivity contribution in [1.82, 2.24) is 0 Å². The van der Waals surface area contributed by atoms with Crippen LogP contribution in [0.25, 0.3) is 32.3 Å². The molecule has 0 saturated heterocycles. The summed E-state index contributed by atoms with van der Waals surface area (Å²) in [5, 5.41) is 14.2. The normalized spacial score (nSPS) is 12.6. The van der Waals surface area contributed by atoms with E-state index in [4.69, 9.17) is 0 Å². The Morgan fingerprint density at radius 2 is 1.43 bits per heavy atom. The number of benzene rings is 4. The molecule has 104 valence electrons. The lowest BCUT2D eigenvalue weighted by Crippen LogP contribution is -2.00. The second-order valence-electron chi connectivity index (χ2n) is 5.05. The van der Waals surface area contributed by atoms with Crippen LogP contribution >= 0.6 is 0 Å². The fraction of sp³-hybridized carbons (Fsp3) is 0. The lowest BCUT2D eigenvalue weighted by molar-refractivity contribution is 0.481. The van der Waals surface area contributed by atoms with Crippen molar-refractivity contribution in [2.24, 2.45) is 0 Å². The van der Waals surface area contributed by atoms with Gasteiger partial charge in [0.25, 0.3) is 10.1 Å². The second kappa shape index (κ2) is 3.84. The molecule has 0 fully saturated rings. The Balaban J connectivity index is 2.46. The van der Waals surface area contributed by atoms with Crippen molar-refractivity contribution in [2.45, 2.75) is 4.90 Å². The van der Waals surface area contributed by atoms with E-state index < -0.39 is 10.1 Å². The van der Waals surface area contributed by atoms with Gasteiger partial charge in [-0.25, -0.2) is 0 Å². The molecule has 4 aromatic carbocycles. The van der Waals surface area contributed by atoms with E-state index in [1.54, 1.807) is 18.2 Å². The van der Waals surface area contributed by atoms with E-state index in [2.05, 4.69) is 0 Å². The number of phenols is 1. The molecule has 4 aromatic rings. The first kappa shape index (κ1) is 12.4. The molecule has 0 spiro atoms. The largest absolute Gasteiger partial charge is 0.507 e. The Bertz CT molecular complexity index is 1110. The van der Waals surface area contributed by atoms with Crippen molar-refractivity contribution in [1.29, 1.82) is 0 Å². The molecular formula is C16H10O4S. The summed E-state index contributed by atoms with van der Waals surface area (Å²) in [5.41, 5.74) is 0. The predicted molar refractivity (Wildman–Crippen MR) is 81.6 cm³/mol. The Kier molecular flexibility index (Phi) is 2.26. The van der Waals surface area contributed by atoms with Crippen LogP contribution in [0.4, 0.5) is 0 Å². The molecule has 4 rings (SSSR count). The maximum atomic E-state index is 11.7. The molecular weight excluding hydrogens is 288 g/mol. The smallest absolute Gasteiger partial charge is 0.295 e. The molecule has 2 N–H and O–H groups in total. The van der Waals surface area contributed by atoms with E-state index in [1.807, 2.05) is 18.2 Å². The zero-order valence-electron chi connectivity index (χ0n) is 10.7. The summed E-state index contributed by atoms with van der Waals surface area (Å²) in [7, 11) is -4.38. The van der Waals surface area contributed by atoms with Gasteiger partial charge >= 0.3 is 0 Å². The quantitative estimate of drug-likeness (QED) is 0.416. The van der Waals surface area contributed by atoms with Crippen LogP contribution in [0.3, 0.4) is 0 Å². The first-order chi connectivity index (χ1) is 9.97. The van der Waals surface area contributed by atoms with E-state index >= 15 is 0 Å². The Morgan fingerprint density at radius 3 is 2.14 bits per heavy atom. The van der Waals surface area contributed by atoms with Crippen LogP contribution in [0, 0.1) is 0 Å². The van der Waals surface area contributed by atoms with Gasteiger partial charge in [0, 0.05) is 16.2 Å². The van der Waals surface area contributed by atoms with Crippen LogP contribution in [0.1, 0.15) is 0 Å². The van der Waals surface area contributed by atoms with Gasteiger partial charge in [-0.2, -0.15) is 8.42 Å². The third-order valence-corrected chi connectivity index (χ3v) is 4.76. The van der Waals surface area contributed by atoms with E-state index in [-0.39, 0.29) is 10.6 Å². The summed E-state index contributed by atoms with van der Waals surface area (Å²) in [5.74, 6) is -0.00865. The van der Waals surface area contributed by atoms with Gasteiger partial charge in [-0.1, -0.05) is 36.4 Å². The van der Waals surface area contributed by atoms with Crippen molar-refractivity contribution < 1.29 is 18.1 Å². The molecule has 4 nitrogen and oxygen atoms in total. The average Bonchev–Trinajstić information content (AvgIpc) is 2.45. The van der Waals surface area contributed by atoms with E-state index in [1.165, 1.54) is 12.1 Å². The number of aromatic hydroxyl groups is 1. The molecule has 0 unspecified atom stereocenters. The average molecular weight is 298 g/mol. The molecule has 0 amide bonds. The zero-order chi connectivity index (χ0) is 14.8. The van der Waals surface area contributed by atoms with Crippen molar-refractivity contribution in [3.8, 4) is 5.75 Å². The molecule has 0 atom stereocenters. The zero-order valence-corrected chi connectivity index (χ0v) is 11.6. The lowest BCUT2D eigenvalue weighted by Gasteiger charge is -2.14. The van der Waals surface area contributed by atoms with Gasteiger partial charge in [0.1, 0.15) is 10.6 Å². The maximum Gasteiger partial charge on any atom is 0.295 e. The fourth-order valence-electron chi connectivity index (χ4n) is 2.98.